The van der Waals surface area contributed by atoms with E-state index < -0.39 is 0 Å². The highest BCUT2D eigenvalue weighted by atomic mass is 16.6. The van der Waals surface area contributed by atoms with Crippen LogP contribution in [0.3, 0.4) is 0 Å². The molecule has 1 aliphatic carbocycles. The molecule has 2 N–H and O–H groups in total. The number of rotatable bonds is 8. The van der Waals surface area contributed by atoms with Gasteiger partial charge in [-0.05, 0) is 19.8 Å². The van der Waals surface area contributed by atoms with Crippen molar-refractivity contribution in [2.75, 3.05) is 20.3 Å². The minimum absolute atomic E-state index is 0.0504. The second kappa shape index (κ2) is 7.22. The Morgan fingerprint density at radius 3 is 2.69 bits per heavy atom. The van der Waals surface area contributed by atoms with E-state index in [-0.39, 0.29) is 18.2 Å². The second-order valence-corrected chi connectivity index (χ2v) is 4.50. The van der Waals surface area contributed by atoms with E-state index >= 15 is 0 Å². The maximum atomic E-state index is 5.90. The maximum absolute atomic E-state index is 5.90. The molecule has 0 amide bonds. The van der Waals surface area contributed by atoms with Gasteiger partial charge in [-0.1, -0.05) is 13.3 Å². The van der Waals surface area contributed by atoms with Gasteiger partial charge in [-0.3, -0.25) is 0 Å². The van der Waals surface area contributed by atoms with Crippen molar-refractivity contribution in [2.45, 2.75) is 57.5 Å². The zero-order valence-electron chi connectivity index (χ0n) is 10.6. The smallest absolute Gasteiger partial charge is 0.0989 e. The maximum Gasteiger partial charge on any atom is 0.0989 e. The minimum atomic E-state index is 0.0504. The highest BCUT2D eigenvalue weighted by Gasteiger charge is 2.41. The van der Waals surface area contributed by atoms with Crippen LogP contribution in [-0.4, -0.2) is 44.7 Å². The largest absolute Gasteiger partial charge is 0.382 e. The summed E-state index contributed by atoms with van der Waals surface area (Å²) in [6, 6.07) is 0.121. The van der Waals surface area contributed by atoms with Crippen LogP contribution in [0.4, 0.5) is 0 Å². The van der Waals surface area contributed by atoms with Crippen molar-refractivity contribution in [1.29, 1.82) is 0 Å². The lowest BCUT2D eigenvalue weighted by molar-refractivity contribution is -0.163. The average Bonchev–Trinajstić information content (AvgIpc) is 2.24. The third-order valence-electron chi connectivity index (χ3n) is 2.99. The van der Waals surface area contributed by atoms with E-state index in [9.17, 15) is 0 Å². The zero-order chi connectivity index (χ0) is 12.0. The summed E-state index contributed by atoms with van der Waals surface area (Å²) in [6.45, 7) is 5.48. The first-order valence-electron chi connectivity index (χ1n) is 6.20. The molecule has 0 bridgehead atoms. The predicted molar refractivity (Wildman–Crippen MR) is 63.5 cm³/mol. The van der Waals surface area contributed by atoms with Crippen molar-refractivity contribution < 1.29 is 14.2 Å². The van der Waals surface area contributed by atoms with Crippen molar-refractivity contribution in [2.24, 2.45) is 5.73 Å². The lowest BCUT2D eigenvalue weighted by Crippen LogP contribution is -2.59. The van der Waals surface area contributed by atoms with Crippen molar-refractivity contribution >= 4 is 0 Å². The molecule has 1 rings (SSSR count). The summed E-state index contributed by atoms with van der Waals surface area (Å²) >= 11 is 0. The standard InChI is InChI=1S/C12H25NO3/c1-4-5-9(2)16-11-8-10(13)12(11)15-7-6-14-3/h9-12H,4-8,13H2,1-3H3. The Bertz CT molecular complexity index is 189. The van der Waals surface area contributed by atoms with Gasteiger partial charge in [0.25, 0.3) is 0 Å². The normalized spacial score (nSPS) is 31.1. The number of hydrogen-bond acceptors (Lipinski definition) is 4. The van der Waals surface area contributed by atoms with Crippen molar-refractivity contribution in [1.82, 2.24) is 0 Å². The van der Waals surface area contributed by atoms with Crippen molar-refractivity contribution in [3.8, 4) is 0 Å². The fourth-order valence-corrected chi connectivity index (χ4v) is 2.02. The van der Waals surface area contributed by atoms with E-state index in [1.165, 1.54) is 0 Å². The number of hydrogen-bond donors (Lipinski definition) is 1. The van der Waals surface area contributed by atoms with Crippen LogP contribution in [0.1, 0.15) is 33.1 Å². The van der Waals surface area contributed by atoms with Crippen LogP contribution in [-0.2, 0) is 14.2 Å². The lowest BCUT2D eigenvalue weighted by Gasteiger charge is -2.43. The summed E-state index contributed by atoms with van der Waals surface area (Å²) in [5.74, 6) is 0. The van der Waals surface area contributed by atoms with Gasteiger partial charge in [0.05, 0.1) is 31.5 Å². The van der Waals surface area contributed by atoms with Crippen molar-refractivity contribution in [3.05, 3.63) is 0 Å². The van der Waals surface area contributed by atoms with Gasteiger partial charge in [0.15, 0.2) is 0 Å². The molecule has 4 unspecified atom stereocenters. The lowest BCUT2D eigenvalue weighted by atomic mass is 9.86. The molecule has 1 fully saturated rings. The van der Waals surface area contributed by atoms with Crippen LogP contribution in [0.5, 0.6) is 0 Å². The Morgan fingerprint density at radius 2 is 2.12 bits per heavy atom. The quantitative estimate of drug-likeness (QED) is 0.640. The highest BCUT2D eigenvalue weighted by molar-refractivity contribution is 4.95. The Morgan fingerprint density at radius 1 is 1.38 bits per heavy atom. The molecule has 4 atom stereocenters. The molecule has 0 aliphatic heterocycles. The number of methoxy groups -OCH3 is 1. The van der Waals surface area contributed by atoms with E-state index in [4.69, 9.17) is 19.9 Å². The van der Waals surface area contributed by atoms with E-state index in [1.54, 1.807) is 7.11 Å². The van der Waals surface area contributed by atoms with Gasteiger partial charge in [-0.2, -0.15) is 0 Å². The van der Waals surface area contributed by atoms with Crippen LogP contribution in [0.2, 0.25) is 0 Å². The third-order valence-corrected chi connectivity index (χ3v) is 2.99. The molecule has 1 aliphatic rings. The van der Waals surface area contributed by atoms with Gasteiger partial charge < -0.3 is 19.9 Å². The highest BCUT2D eigenvalue weighted by Crippen LogP contribution is 2.27. The van der Waals surface area contributed by atoms with Crippen LogP contribution < -0.4 is 5.73 Å². The average molecular weight is 231 g/mol. The van der Waals surface area contributed by atoms with Gasteiger partial charge in [0.2, 0.25) is 0 Å². The predicted octanol–water partition coefficient (Wildman–Crippen LogP) is 1.32. The summed E-state index contributed by atoms with van der Waals surface area (Å²) in [5.41, 5.74) is 5.90. The Balaban J connectivity index is 2.21. The van der Waals surface area contributed by atoms with Crippen LogP contribution in [0, 0.1) is 0 Å². The molecule has 0 radical (unpaired) electrons. The van der Waals surface area contributed by atoms with Crippen LogP contribution >= 0.6 is 0 Å². The van der Waals surface area contributed by atoms with Gasteiger partial charge >= 0.3 is 0 Å². The first kappa shape index (κ1) is 13.9. The van der Waals surface area contributed by atoms with Crippen LogP contribution in [0.15, 0.2) is 0 Å². The molecule has 4 nitrogen and oxygen atoms in total. The molecular weight excluding hydrogens is 206 g/mol. The summed E-state index contributed by atoms with van der Waals surface area (Å²) in [5, 5.41) is 0. The molecule has 0 aromatic rings. The zero-order valence-corrected chi connectivity index (χ0v) is 10.6. The third kappa shape index (κ3) is 4.01. The molecule has 0 aromatic heterocycles. The molecule has 0 heterocycles. The van der Waals surface area contributed by atoms with Gasteiger partial charge in [0.1, 0.15) is 0 Å². The molecule has 0 aromatic carbocycles. The summed E-state index contributed by atoms with van der Waals surface area (Å²) in [6.07, 6.45) is 3.68. The van der Waals surface area contributed by atoms with E-state index in [0.29, 0.717) is 19.3 Å². The molecule has 16 heavy (non-hydrogen) atoms. The monoisotopic (exact) mass is 231 g/mol. The van der Waals surface area contributed by atoms with Crippen molar-refractivity contribution in [3.63, 3.8) is 0 Å². The summed E-state index contributed by atoms with van der Waals surface area (Å²) in [7, 11) is 1.67. The fourth-order valence-electron chi connectivity index (χ4n) is 2.02. The molecular formula is C12H25NO3. The Hall–Kier alpha value is -0.160. The van der Waals surface area contributed by atoms with Gasteiger partial charge in [0, 0.05) is 13.2 Å². The van der Waals surface area contributed by atoms with E-state index in [1.807, 2.05) is 0 Å². The van der Waals surface area contributed by atoms with Crippen LogP contribution in [0.25, 0.3) is 0 Å². The topological polar surface area (TPSA) is 53.7 Å². The molecule has 96 valence electrons. The Kier molecular flexibility index (Phi) is 6.28. The van der Waals surface area contributed by atoms with Gasteiger partial charge in [-0.25, -0.2) is 0 Å². The van der Waals surface area contributed by atoms with Gasteiger partial charge in [-0.15, -0.1) is 0 Å². The van der Waals surface area contributed by atoms with E-state index in [0.717, 1.165) is 19.3 Å². The van der Waals surface area contributed by atoms with E-state index in [2.05, 4.69) is 13.8 Å². The minimum Gasteiger partial charge on any atom is -0.382 e. The molecule has 1 saturated carbocycles. The first-order chi connectivity index (χ1) is 7.69. The second-order valence-electron chi connectivity index (χ2n) is 4.50. The Labute approximate surface area is 98.4 Å². The molecule has 0 spiro atoms. The number of nitrogens with two attached hydrogens (primary N) is 1. The number of ether oxygens (including phenoxy) is 3. The SMILES string of the molecule is CCCC(C)OC1CC(N)C1OCCOC. The summed E-state index contributed by atoms with van der Waals surface area (Å²) in [4.78, 5) is 0. The summed E-state index contributed by atoms with van der Waals surface area (Å²) < 4.78 is 16.5. The molecule has 4 heteroatoms. The molecule has 0 saturated heterocycles. The fraction of sp³-hybridized carbons (Fsp3) is 1.00. The first-order valence-corrected chi connectivity index (χ1v) is 6.20.